The van der Waals surface area contributed by atoms with E-state index in [1.165, 1.54) is 6.07 Å². The van der Waals surface area contributed by atoms with Crippen molar-refractivity contribution in [3.8, 4) is 17.2 Å². The van der Waals surface area contributed by atoms with Gasteiger partial charge >= 0.3 is 15.6 Å². The van der Waals surface area contributed by atoms with Gasteiger partial charge in [-0.1, -0.05) is 0 Å². The van der Waals surface area contributed by atoms with E-state index in [1.807, 2.05) is 0 Å². The lowest BCUT2D eigenvalue weighted by Gasteiger charge is -2.14. The lowest BCUT2D eigenvalue weighted by molar-refractivity contribution is -0.0500. The average Bonchev–Trinajstić information content (AvgIpc) is 3.01. The van der Waals surface area contributed by atoms with Crippen molar-refractivity contribution in [1.29, 1.82) is 0 Å². The summed E-state index contributed by atoms with van der Waals surface area (Å²) >= 11 is 0. The highest BCUT2D eigenvalue weighted by Crippen LogP contribution is 2.45. The predicted molar refractivity (Wildman–Crippen MR) is 90.0 cm³/mol. The molecule has 2 heterocycles. The minimum atomic E-state index is -5.87. The molecule has 27 heavy (non-hydrogen) atoms. The molecule has 0 unspecified atom stereocenters. The SMILES string of the molecule is CNc1cc(C)nc(Nc2cc3c(c(OS(=O)(=O)C(F)(F)F)c2)OCO3)c1. The summed E-state index contributed by atoms with van der Waals surface area (Å²) in [5.41, 5.74) is -3.95. The topological polar surface area (TPSA) is 98.8 Å². The monoisotopic (exact) mass is 405 g/mol. The molecule has 0 spiro atoms. The van der Waals surface area contributed by atoms with Gasteiger partial charge in [-0.15, -0.1) is 0 Å². The average molecular weight is 405 g/mol. The molecule has 0 amide bonds. The largest absolute Gasteiger partial charge is 0.534 e. The summed E-state index contributed by atoms with van der Waals surface area (Å²) in [5.74, 6) is -0.468. The van der Waals surface area contributed by atoms with Crippen LogP contribution in [0.25, 0.3) is 0 Å². The van der Waals surface area contributed by atoms with E-state index >= 15 is 0 Å². The first-order valence-electron chi connectivity index (χ1n) is 7.47. The van der Waals surface area contributed by atoms with Crippen molar-refractivity contribution in [3.05, 3.63) is 30.0 Å². The molecule has 146 valence electrons. The second-order valence-electron chi connectivity index (χ2n) is 5.45. The summed E-state index contributed by atoms with van der Waals surface area (Å²) in [6.07, 6.45) is 0. The Morgan fingerprint density at radius 1 is 1.15 bits per heavy atom. The van der Waals surface area contributed by atoms with Crippen molar-refractivity contribution < 1.29 is 35.2 Å². The quantitative estimate of drug-likeness (QED) is 0.578. The smallest absolute Gasteiger partial charge is 0.453 e. The Balaban J connectivity index is 1.98. The third-order valence-electron chi connectivity index (χ3n) is 3.44. The maximum Gasteiger partial charge on any atom is 0.534 e. The molecule has 8 nitrogen and oxygen atoms in total. The summed E-state index contributed by atoms with van der Waals surface area (Å²) in [5, 5.41) is 5.81. The normalized spacial score (nSPS) is 13.4. The lowest BCUT2D eigenvalue weighted by atomic mass is 10.2. The molecule has 1 aromatic heterocycles. The predicted octanol–water partition coefficient (Wildman–Crippen LogP) is 3.13. The first kappa shape index (κ1) is 18.9. The van der Waals surface area contributed by atoms with E-state index in [0.29, 0.717) is 11.5 Å². The molecule has 0 saturated carbocycles. The van der Waals surface area contributed by atoms with Crippen molar-refractivity contribution in [2.24, 2.45) is 0 Å². The maximum atomic E-state index is 12.6. The standard InChI is InChI=1S/C15H14F3N3O5S/c1-8-3-9(19-2)6-13(20-8)21-10-4-11-14(25-7-24-11)12(5-10)26-27(22,23)15(16,17)18/h3-6H,7H2,1-2H3,(H2,19,20,21). The first-order chi connectivity index (χ1) is 12.6. The summed E-state index contributed by atoms with van der Waals surface area (Å²) in [4.78, 5) is 4.25. The number of pyridine rings is 1. The van der Waals surface area contributed by atoms with Gasteiger partial charge in [0.05, 0.1) is 0 Å². The Morgan fingerprint density at radius 3 is 2.56 bits per heavy atom. The number of benzene rings is 1. The molecule has 0 radical (unpaired) electrons. The third kappa shape index (κ3) is 3.94. The fourth-order valence-electron chi connectivity index (χ4n) is 2.30. The third-order valence-corrected chi connectivity index (χ3v) is 4.40. The molecule has 1 aliphatic heterocycles. The Kier molecular flexibility index (Phi) is 4.68. The molecule has 0 aliphatic carbocycles. The Bertz CT molecular complexity index is 979. The molecule has 0 bridgehead atoms. The highest BCUT2D eigenvalue weighted by molar-refractivity contribution is 7.88. The van der Waals surface area contributed by atoms with Gasteiger partial charge in [0.15, 0.2) is 11.5 Å². The van der Waals surface area contributed by atoms with Crippen LogP contribution in [0.2, 0.25) is 0 Å². The summed E-state index contributed by atoms with van der Waals surface area (Å²) in [6.45, 7) is 1.48. The number of ether oxygens (including phenoxy) is 2. The highest BCUT2D eigenvalue weighted by atomic mass is 32.2. The zero-order valence-electron chi connectivity index (χ0n) is 14.0. The fourth-order valence-corrected chi connectivity index (χ4v) is 2.76. The van der Waals surface area contributed by atoms with Crippen molar-refractivity contribution in [1.82, 2.24) is 4.98 Å². The van der Waals surface area contributed by atoms with Gasteiger partial charge in [0, 0.05) is 42.3 Å². The van der Waals surface area contributed by atoms with Gasteiger partial charge in [-0.3, -0.25) is 0 Å². The van der Waals surface area contributed by atoms with Crippen molar-refractivity contribution in [3.63, 3.8) is 0 Å². The van der Waals surface area contributed by atoms with Crippen LogP contribution in [0.4, 0.5) is 30.4 Å². The van der Waals surface area contributed by atoms with Gasteiger partial charge < -0.3 is 24.3 Å². The van der Waals surface area contributed by atoms with E-state index in [9.17, 15) is 21.6 Å². The molecule has 1 aromatic carbocycles. The zero-order chi connectivity index (χ0) is 19.8. The Morgan fingerprint density at radius 2 is 1.89 bits per heavy atom. The minimum Gasteiger partial charge on any atom is -0.453 e. The number of hydrogen-bond acceptors (Lipinski definition) is 8. The van der Waals surface area contributed by atoms with Crippen molar-refractivity contribution >= 4 is 27.3 Å². The molecular weight excluding hydrogens is 391 g/mol. The van der Waals surface area contributed by atoms with Crippen LogP contribution >= 0.6 is 0 Å². The van der Waals surface area contributed by atoms with E-state index in [2.05, 4.69) is 19.8 Å². The van der Waals surface area contributed by atoms with Crippen LogP contribution in [0.5, 0.6) is 17.2 Å². The van der Waals surface area contributed by atoms with E-state index in [1.54, 1.807) is 26.1 Å². The van der Waals surface area contributed by atoms with Gasteiger partial charge in [-0.05, 0) is 13.0 Å². The van der Waals surface area contributed by atoms with Crippen molar-refractivity contribution in [2.75, 3.05) is 24.5 Å². The molecule has 0 saturated heterocycles. The van der Waals surface area contributed by atoms with Crippen LogP contribution in [0.3, 0.4) is 0 Å². The molecule has 3 rings (SSSR count). The minimum absolute atomic E-state index is 0.0360. The molecular formula is C15H14F3N3O5S. The zero-order valence-corrected chi connectivity index (χ0v) is 14.9. The van der Waals surface area contributed by atoms with Gasteiger partial charge in [0.1, 0.15) is 5.82 Å². The number of hydrogen-bond donors (Lipinski definition) is 2. The number of aromatic nitrogens is 1. The van der Waals surface area contributed by atoms with E-state index < -0.39 is 21.4 Å². The van der Waals surface area contributed by atoms with Gasteiger partial charge in [0.2, 0.25) is 12.5 Å². The van der Waals surface area contributed by atoms with Crippen LogP contribution in [0, 0.1) is 6.92 Å². The molecule has 2 aromatic rings. The van der Waals surface area contributed by atoms with E-state index in [4.69, 9.17) is 9.47 Å². The fraction of sp³-hybridized carbons (Fsp3) is 0.267. The second kappa shape index (κ2) is 6.68. The number of nitrogens with zero attached hydrogens (tertiary/aromatic N) is 1. The van der Waals surface area contributed by atoms with Gasteiger partial charge in [-0.2, -0.15) is 21.6 Å². The van der Waals surface area contributed by atoms with Crippen molar-refractivity contribution in [2.45, 2.75) is 12.4 Å². The van der Waals surface area contributed by atoms with Gasteiger partial charge in [-0.25, -0.2) is 4.98 Å². The van der Waals surface area contributed by atoms with Crippen LogP contribution in [0.1, 0.15) is 5.69 Å². The summed E-state index contributed by atoms with van der Waals surface area (Å²) in [7, 11) is -4.15. The van der Waals surface area contributed by atoms with Gasteiger partial charge in [0.25, 0.3) is 0 Å². The van der Waals surface area contributed by atoms with E-state index in [0.717, 1.165) is 11.8 Å². The Labute approximate surface area is 152 Å². The van der Waals surface area contributed by atoms with Crippen LogP contribution in [-0.4, -0.2) is 32.8 Å². The number of halogens is 3. The number of alkyl halides is 3. The van der Waals surface area contributed by atoms with Crippen LogP contribution < -0.4 is 24.3 Å². The number of rotatable bonds is 5. The number of fused-ring (bicyclic) bond motifs is 1. The maximum absolute atomic E-state index is 12.6. The molecule has 0 atom stereocenters. The van der Waals surface area contributed by atoms with Crippen LogP contribution in [0.15, 0.2) is 24.3 Å². The number of anilines is 3. The molecule has 1 aliphatic rings. The number of aryl methyl sites for hydroxylation is 1. The van der Waals surface area contributed by atoms with E-state index in [-0.39, 0.29) is 24.0 Å². The molecule has 0 fully saturated rings. The summed E-state index contributed by atoms with van der Waals surface area (Å²) < 4.78 is 74.9. The lowest BCUT2D eigenvalue weighted by Crippen LogP contribution is -2.28. The summed E-state index contributed by atoms with van der Waals surface area (Å²) in [6, 6.07) is 5.93. The first-order valence-corrected chi connectivity index (χ1v) is 8.88. The second-order valence-corrected chi connectivity index (χ2v) is 6.99. The molecule has 12 heteroatoms. The number of nitrogens with one attached hydrogen (secondary N) is 2. The Hall–Kier alpha value is -2.89. The van der Waals surface area contributed by atoms with Crippen LogP contribution in [-0.2, 0) is 10.1 Å². The highest BCUT2D eigenvalue weighted by Gasteiger charge is 2.49. The molecule has 2 N–H and O–H groups in total.